The summed E-state index contributed by atoms with van der Waals surface area (Å²) in [7, 11) is -4.08. The SMILES string of the molecule is CC1(C)C2CCC1(CS(=O)(=O)O)C(=O)C2.O=C(O)CNc1ccc(O)cc1. The average Bonchev–Trinajstić information content (AvgIpc) is 2.87. The van der Waals surface area contributed by atoms with Gasteiger partial charge in [0, 0.05) is 12.1 Å². The van der Waals surface area contributed by atoms with Crippen molar-refractivity contribution in [2.45, 2.75) is 33.1 Å². The molecule has 0 spiro atoms. The van der Waals surface area contributed by atoms with E-state index >= 15 is 0 Å². The minimum Gasteiger partial charge on any atom is -0.508 e. The van der Waals surface area contributed by atoms with Crippen LogP contribution in [-0.4, -0.2) is 47.2 Å². The normalized spacial score (nSPS) is 25.6. The lowest BCUT2D eigenvalue weighted by Gasteiger charge is -2.35. The molecule has 2 fully saturated rings. The highest BCUT2D eigenvalue weighted by Crippen LogP contribution is 2.64. The summed E-state index contributed by atoms with van der Waals surface area (Å²) >= 11 is 0. The fraction of sp³-hybridized carbons (Fsp3) is 0.556. The Kier molecular flexibility index (Phi) is 5.86. The number of carbonyl (C=O) groups excluding carboxylic acids is 1. The Labute approximate surface area is 158 Å². The molecule has 2 aliphatic rings. The van der Waals surface area contributed by atoms with Crippen molar-refractivity contribution in [1.82, 2.24) is 0 Å². The Morgan fingerprint density at radius 2 is 1.85 bits per heavy atom. The number of anilines is 1. The Bertz CT molecular complexity index is 817. The van der Waals surface area contributed by atoms with Gasteiger partial charge in [-0.1, -0.05) is 13.8 Å². The van der Waals surface area contributed by atoms with E-state index in [0.717, 1.165) is 6.42 Å². The van der Waals surface area contributed by atoms with E-state index in [4.69, 9.17) is 14.8 Å². The number of fused-ring (bicyclic) bond motifs is 2. The second-order valence-corrected chi connectivity index (χ2v) is 9.14. The third-order valence-corrected chi connectivity index (χ3v) is 6.74. The summed E-state index contributed by atoms with van der Waals surface area (Å²) in [6, 6.07) is 6.20. The van der Waals surface area contributed by atoms with Crippen molar-refractivity contribution < 1.29 is 32.8 Å². The smallest absolute Gasteiger partial charge is 0.322 e. The molecule has 2 atom stereocenters. The quantitative estimate of drug-likeness (QED) is 0.436. The number of rotatable bonds is 5. The molecule has 2 bridgehead atoms. The maximum absolute atomic E-state index is 11.9. The number of aliphatic carboxylic acids is 1. The Hall–Kier alpha value is -2.13. The molecule has 8 nitrogen and oxygen atoms in total. The Balaban J connectivity index is 0.000000199. The third kappa shape index (κ3) is 4.59. The van der Waals surface area contributed by atoms with Gasteiger partial charge in [0.05, 0.1) is 11.2 Å². The first-order valence-corrected chi connectivity index (χ1v) is 10.2. The van der Waals surface area contributed by atoms with E-state index in [-0.39, 0.29) is 29.4 Å². The van der Waals surface area contributed by atoms with Crippen LogP contribution in [-0.2, 0) is 19.7 Å². The second kappa shape index (κ2) is 7.47. The standard InChI is InChI=1S/C10H16O4S.C8H9NO3/c1-9(2)7-3-4-10(9,8(11)5-7)6-15(12,13)14;10-7-3-1-6(2-4-7)9-5-8(11)12/h7H,3-6H2,1-2H3,(H,12,13,14);1-4,9-10H,5H2,(H,11,12). The number of carboxylic acid groups (broad SMARTS) is 1. The van der Waals surface area contributed by atoms with Crippen molar-refractivity contribution in [1.29, 1.82) is 0 Å². The van der Waals surface area contributed by atoms with Crippen LogP contribution in [0, 0.1) is 16.7 Å². The van der Waals surface area contributed by atoms with Gasteiger partial charge >= 0.3 is 5.97 Å². The first-order valence-electron chi connectivity index (χ1n) is 8.60. The molecule has 0 aliphatic heterocycles. The number of nitrogens with one attached hydrogen (secondary N) is 1. The van der Waals surface area contributed by atoms with Gasteiger partial charge in [0.1, 0.15) is 18.1 Å². The van der Waals surface area contributed by atoms with Crippen LogP contribution in [0.25, 0.3) is 0 Å². The van der Waals surface area contributed by atoms with Crippen LogP contribution in [0.2, 0.25) is 0 Å². The number of aromatic hydroxyl groups is 1. The highest BCUT2D eigenvalue weighted by Gasteiger charge is 2.65. The summed E-state index contributed by atoms with van der Waals surface area (Å²) in [5.74, 6) is -0.852. The Morgan fingerprint density at radius 3 is 2.26 bits per heavy atom. The fourth-order valence-corrected chi connectivity index (χ4v) is 5.48. The van der Waals surface area contributed by atoms with E-state index in [1.54, 1.807) is 12.1 Å². The molecule has 4 N–H and O–H groups in total. The molecule has 27 heavy (non-hydrogen) atoms. The average molecular weight is 399 g/mol. The number of Topliss-reactive ketones (excluding diaryl/α,β-unsaturated/α-hetero) is 1. The number of benzene rings is 1. The van der Waals surface area contributed by atoms with Crippen LogP contribution in [0.4, 0.5) is 5.69 Å². The monoisotopic (exact) mass is 399 g/mol. The van der Waals surface area contributed by atoms with E-state index in [9.17, 15) is 18.0 Å². The van der Waals surface area contributed by atoms with Gasteiger partial charge in [0.2, 0.25) is 0 Å². The predicted octanol–water partition coefficient (Wildman–Crippen LogP) is 2.16. The summed E-state index contributed by atoms with van der Waals surface area (Å²) in [5, 5.41) is 19.9. The van der Waals surface area contributed by atoms with Crippen molar-refractivity contribution in [2.24, 2.45) is 16.7 Å². The molecular weight excluding hydrogens is 374 g/mol. The van der Waals surface area contributed by atoms with Gasteiger partial charge in [-0.15, -0.1) is 0 Å². The second-order valence-electron chi connectivity index (χ2n) is 7.69. The highest BCUT2D eigenvalue weighted by atomic mass is 32.2. The lowest BCUT2D eigenvalue weighted by Crippen LogP contribution is -2.42. The molecule has 3 rings (SSSR count). The van der Waals surface area contributed by atoms with E-state index < -0.39 is 27.3 Å². The van der Waals surface area contributed by atoms with Crippen LogP contribution < -0.4 is 5.32 Å². The summed E-state index contributed by atoms with van der Waals surface area (Å²) in [4.78, 5) is 22.0. The van der Waals surface area contributed by atoms with Gasteiger partial charge in [-0.05, 0) is 48.4 Å². The topological polar surface area (TPSA) is 141 Å². The minimum atomic E-state index is -4.08. The van der Waals surface area contributed by atoms with Crippen molar-refractivity contribution in [3.05, 3.63) is 24.3 Å². The molecule has 0 saturated heterocycles. The van der Waals surface area contributed by atoms with Crippen LogP contribution >= 0.6 is 0 Å². The molecule has 2 unspecified atom stereocenters. The summed E-state index contributed by atoms with van der Waals surface area (Å²) in [6.45, 7) is 3.77. The van der Waals surface area contributed by atoms with E-state index in [1.165, 1.54) is 12.1 Å². The number of carbonyl (C=O) groups is 2. The summed E-state index contributed by atoms with van der Waals surface area (Å²) in [5.41, 5.74) is -0.444. The van der Waals surface area contributed by atoms with Crippen molar-refractivity contribution in [3.63, 3.8) is 0 Å². The number of hydrogen-bond donors (Lipinski definition) is 4. The summed E-state index contributed by atoms with van der Waals surface area (Å²) in [6.07, 6.45) is 1.97. The van der Waals surface area contributed by atoms with Gasteiger partial charge in [-0.3, -0.25) is 14.1 Å². The van der Waals surface area contributed by atoms with Crippen molar-refractivity contribution in [2.75, 3.05) is 17.6 Å². The molecule has 150 valence electrons. The molecule has 1 aromatic carbocycles. The summed E-state index contributed by atoms with van der Waals surface area (Å²) < 4.78 is 31.0. The molecule has 2 saturated carbocycles. The lowest BCUT2D eigenvalue weighted by molar-refractivity contribution is -0.135. The molecule has 0 amide bonds. The number of phenolic OH excluding ortho intramolecular Hbond substituents is 1. The van der Waals surface area contributed by atoms with Gasteiger partial charge < -0.3 is 15.5 Å². The molecule has 0 heterocycles. The van der Waals surface area contributed by atoms with E-state index in [2.05, 4.69) is 5.32 Å². The van der Waals surface area contributed by atoms with Crippen LogP contribution in [0.5, 0.6) is 5.75 Å². The van der Waals surface area contributed by atoms with Gasteiger partial charge in [-0.2, -0.15) is 8.42 Å². The molecular formula is C18H25NO7S. The molecule has 0 radical (unpaired) electrons. The van der Waals surface area contributed by atoms with E-state index in [1.807, 2.05) is 13.8 Å². The van der Waals surface area contributed by atoms with Gasteiger partial charge in [0.15, 0.2) is 0 Å². The maximum atomic E-state index is 11.9. The first kappa shape index (κ1) is 21.2. The lowest BCUT2D eigenvalue weighted by atomic mass is 9.70. The first-order chi connectivity index (χ1) is 12.4. The molecule has 0 aromatic heterocycles. The van der Waals surface area contributed by atoms with Crippen LogP contribution in [0.1, 0.15) is 33.1 Å². The largest absolute Gasteiger partial charge is 0.508 e. The predicted molar refractivity (Wildman–Crippen MR) is 99.2 cm³/mol. The molecule has 2 aliphatic carbocycles. The van der Waals surface area contributed by atoms with Crippen LogP contribution in [0.3, 0.4) is 0 Å². The number of phenols is 1. The zero-order valence-corrected chi connectivity index (χ0v) is 16.1. The number of carboxylic acids is 1. The zero-order valence-electron chi connectivity index (χ0n) is 15.3. The zero-order chi connectivity index (χ0) is 20.5. The molecule has 9 heteroatoms. The minimum absolute atomic E-state index is 0.0152. The van der Waals surface area contributed by atoms with Crippen molar-refractivity contribution in [3.8, 4) is 5.75 Å². The fourth-order valence-electron chi connectivity index (χ4n) is 4.18. The van der Waals surface area contributed by atoms with E-state index in [0.29, 0.717) is 18.5 Å². The Morgan fingerprint density at radius 1 is 1.26 bits per heavy atom. The van der Waals surface area contributed by atoms with Gasteiger partial charge in [0.25, 0.3) is 10.1 Å². The van der Waals surface area contributed by atoms with Crippen molar-refractivity contribution >= 4 is 27.6 Å². The third-order valence-electron chi connectivity index (χ3n) is 5.88. The number of ketones is 1. The number of hydrogen-bond acceptors (Lipinski definition) is 6. The highest BCUT2D eigenvalue weighted by molar-refractivity contribution is 7.85. The van der Waals surface area contributed by atoms with Gasteiger partial charge in [-0.25, -0.2) is 0 Å². The molecule has 1 aromatic rings. The van der Waals surface area contributed by atoms with Crippen LogP contribution in [0.15, 0.2) is 24.3 Å². The maximum Gasteiger partial charge on any atom is 0.322 e.